The summed E-state index contributed by atoms with van der Waals surface area (Å²) in [6.07, 6.45) is 3.61. The van der Waals surface area contributed by atoms with Crippen LogP contribution in [0.25, 0.3) is 0 Å². The second kappa shape index (κ2) is 5.85. The minimum Gasteiger partial charge on any atom is -0.326 e. The van der Waals surface area contributed by atoms with Crippen LogP contribution in [0.15, 0.2) is 24.3 Å². The lowest BCUT2D eigenvalue weighted by Crippen LogP contribution is -2.39. The molecular formula is C16H21N3O2. The Morgan fingerprint density at radius 2 is 1.95 bits per heavy atom. The van der Waals surface area contributed by atoms with Gasteiger partial charge in [0.2, 0.25) is 11.8 Å². The van der Waals surface area contributed by atoms with Crippen molar-refractivity contribution in [1.82, 2.24) is 5.32 Å². The predicted octanol–water partition coefficient (Wildman–Crippen LogP) is 1.97. The fourth-order valence-corrected chi connectivity index (χ4v) is 3.57. The summed E-state index contributed by atoms with van der Waals surface area (Å²) >= 11 is 0. The van der Waals surface area contributed by atoms with Gasteiger partial charge in [-0.25, -0.2) is 0 Å². The summed E-state index contributed by atoms with van der Waals surface area (Å²) in [5.74, 6) is 1.05. The molecule has 1 aromatic carbocycles. The second-order valence-electron chi connectivity index (χ2n) is 5.99. The van der Waals surface area contributed by atoms with Crippen LogP contribution in [-0.4, -0.2) is 24.4 Å². The molecule has 0 bridgehead atoms. The highest BCUT2D eigenvalue weighted by atomic mass is 16.2. The van der Waals surface area contributed by atoms with E-state index in [9.17, 15) is 9.59 Å². The Morgan fingerprint density at radius 1 is 1.19 bits per heavy atom. The molecule has 3 atom stereocenters. The lowest BCUT2D eigenvalue weighted by atomic mass is 9.93. The average molecular weight is 287 g/mol. The highest BCUT2D eigenvalue weighted by Crippen LogP contribution is 2.38. The first-order chi connectivity index (χ1) is 10.1. The van der Waals surface area contributed by atoms with E-state index in [0.717, 1.165) is 18.7 Å². The van der Waals surface area contributed by atoms with Crippen LogP contribution >= 0.6 is 0 Å². The Hall–Kier alpha value is -1.88. The largest absolute Gasteiger partial charge is 0.326 e. The summed E-state index contributed by atoms with van der Waals surface area (Å²) in [5, 5.41) is 9.02. The van der Waals surface area contributed by atoms with Crippen molar-refractivity contribution in [1.29, 1.82) is 0 Å². The van der Waals surface area contributed by atoms with E-state index in [1.807, 2.05) is 12.1 Å². The van der Waals surface area contributed by atoms with Gasteiger partial charge in [-0.3, -0.25) is 9.59 Å². The normalized spacial score (nSPS) is 27.2. The zero-order valence-electron chi connectivity index (χ0n) is 12.2. The van der Waals surface area contributed by atoms with Crippen LogP contribution in [0, 0.1) is 11.8 Å². The molecule has 3 rings (SSSR count). The maximum absolute atomic E-state index is 12.4. The number of carbonyl (C=O) groups excluding carboxylic acids is 2. The fraction of sp³-hybridized carbons (Fsp3) is 0.500. The minimum atomic E-state index is -0.121. The zero-order valence-corrected chi connectivity index (χ0v) is 12.2. The molecule has 21 heavy (non-hydrogen) atoms. The summed E-state index contributed by atoms with van der Waals surface area (Å²) in [7, 11) is 0. The molecular weight excluding hydrogens is 266 g/mol. The monoisotopic (exact) mass is 287 g/mol. The number of fused-ring (bicyclic) bond motifs is 1. The fourth-order valence-electron chi connectivity index (χ4n) is 3.57. The molecule has 2 fully saturated rings. The second-order valence-corrected chi connectivity index (χ2v) is 5.99. The van der Waals surface area contributed by atoms with E-state index in [1.54, 1.807) is 12.1 Å². The third kappa shape index (κ3) is 3.08. The number of hydrogen-bond acceptors (Lipinski definition) is 3. The standard InChI is InChI=1S/C16H21N3O2/c1-10(20)18-12-5-3-6-13(8-12)19-16(21)15-14-7-2-4-11(14)9-17-15/h3,5-6,8,11,14-15,17H,2,4,7,9H2,1H3,(H,18,20)(H,19,21). The first kappa shape index (κ1) is 14.1. The number of hydrogen-bond donors (Lipinski definition) is 3. The summed E-state index contributed by atoms with van der Waals surface area (Å²) < 4.78 is 0. The van der Waals surface area contributed by atoms with Crippen molar-refractivity contribution >= 4 is 23.2 Å². The third-order valence-corrected chi connectivity index (χ3v) is 4.48. The maximum Gasteiger partial charge on any atom is 0.241 e. The van der Waals surface area contributed by atoms with E-state index in [2.05, 4.69) is 16.0 Å². The molecule has 5 nitrogen and oxygen atoms in total. The average Bonchev–Trinajstić information content (AvgIpc) is 2.99. The van der Waals surface area contributed by atoms with E-state index in [4.69, 9.17) is 0 Å². The van der Waals surface area contributed by atoms with Crippen LogP contribution in [0.3, 0.4) is 0 Å². The lowest BCUT2D eigenvalue weighted by molar-refractivity contribution is -0.118. The van der Waals surface area contributed by atoms with Crippen LogP contribution in [0.2, 0.25) is 0 Å². The molecule has 0 aromatic heterocycles. The molecule has 1 heterocycles. The van der Waals surface area contributed by atoms with Gasteiger partial charge in [-0.05, 0) is 49.4 Å². The topological polar surface area (TPSA) is 70.2 Å². The molecule has 0 radical (unpaired) electrons. The predicted molar refractivity (Wildman–Crippen MR) is 82.0 cm³/mol. The molecule has 1 saturated heterocycles. The van der Waals surface area contributed by atoms with Gasteiger partial charge >= 0.3 is 0 Å². The Balaban J connectivity index is 1.66. The zero-order chi connectivity index (χ0) is 14.8. The first-order valence-electron chi connectivity index (χ1n) is 7.55. The van der Waals surface area contributed by atoms with Crippen LogP contribution in [0.1, 0.15) is 26.2 Å². The Morgan fingerprint density at radius 3 is 2.71 bits per heavy atom. The Bertz CT molecular complexity index is 558. The van der Waals surface area contributed by atoms with Gasteiger partial charge in [-0.15, -0.1) is 0 Å². The summed E-state index contributed by atoms with van der Waals surface area (Å²) in [6.45, 7) is 2.42. The van der Waals surface area contributed by atoms with Crippen molar-refractivity contribution in [3.05, 3.63) is 24.3 Å². The number of benzene rings is 1. The van der Waals surface area contributed by atoms with Crippen LogP contribution in [-0.2, 0) is 9.59 Å². The molecule has 112 valence electrons. The Labute approximate surface area is 124 Å². The summed E-state index contributed by atoms with van der Waals surface area (Å²) in [4.78, 5) is 23.5. The van der Waals surface area contributed by atoms with Crippen LogP contribution in [0.4, 0.5) is 11.4 Å². The van der Waals surface area contributed by atoms with Crippen molar-refractivity contribution in [3.8, 4) is 0 Å². The molecule has 1 aromatic rings. The van der Waals surface area contributed by atoms with Crippen LogP contribution < -0.4 is 16.0 Å². The smallest absolute Gasteiger partial charge is 0.241 e. The van der Waals surface area contributed by atoms with E-state index in [1.165, 1.54) is 19.8 Å². The van der Waals surface area contributed by atoms with Gasteiger partial charge in [0.05, 0.1) is 6.04 Å². The van der Waals surface area contributed by atoms with E-state index < -0.39 is 0 Å². The van der Waals surface area contributed by atoms with Gasteiger partial charge < -0.3 is 16.0 Å². The van der Waals surface area contributed by atoms with Crippen molar-refractivity contribution in [3.63, 3.8) is 0 Å². The third-order valence-electron chi connectivity index (χ3n) is 4.48. The maximum atomic E-state index is 12.4. The van der Waals surface area contributed by atoms with Gasteiger partial charge in [-0.1, -0.05) is 12.5 Å². The molecule has 2 aliphatic rings. The number of amides is 2. The van der Waals surface area contributed by atoms with Gasteiger partial charge in [0, 0.05) is 18.3 Å². The molecule has 2 amide bonds. The number of rotatable bonds is 3. The molecule has 3 N–H and O–H groups in total. The minimum absolute atomic E-state index is 0.0318. The van der Waals surface area contributed by atoms with E-state index in [0.29, 0.717) is 17.5 Å². The molecule has 3 unspecified atom stereocenters. The van der Waals surface area contributed by atoms with Gasteiger partial charge in [-0.2, -0.15) is 0 Å². The molecule has 1 saturated carbocycles. The number of nitrogens with one attached hydrogen (secondary N) is 3. The molecule has 1 aliphatic carbocycles. The van der Waals surface area contributed by atoms with E-state index in [-0.39, 0.29) is 17.9 Å². The first-order valence-corrected chi connectivity index (χ1v) is 7.55. The lowest BCUT2D eigenvalue weighted by Gasteiger charge is -2.18. The summed E-state index contributed by atoms with van der Waals surface area (Å²) in [5.41, 5.74) is 1.41. The van der Waals surface area contributed by atoms with Crippen molar-refractivity contribution < 1.29 is 9.59 Å². The highest BCUT2D eigenvalue weighted by Gasteiger charge is 2.42. The molecule has 1 aliphatic heterocycles. The van der Waals surface area contributed by atoms with Crippen molar-refractivity contribution in [2.45, 2.75) is 32.2 Å². The van der Waals surface area contributed by atoms with Gasteiger partial charge in [0.1, 0.15) is 0 Å². The Kier molecular flexibility index (Phi) is 3.92. The van der Waals surface area contributed by atoms with Gasteiger partial charge in [0.15, 0.2) is 0 Å². The number of carbonyl (C=O) groups is 2. The number of anilines is 2. The van der Waals surface area contributed by atoms with Crippen LogP contribution in [0.5, 0.6) is 0 Å². The van der Waals surface area contributed by atoms with Gasteiger partial charge in [0.25, 0.3) is 0 Å². The molecule has 0 spiro atoms. The van der Waals surface area contributed by atoms with Crippen molar-refractivity contribution in [2.24, 2.45) is 11.8 Å². The highest BCUT2D eigenvalue weighted by molar-refractivity contribution is 5.96. The van der Waals surface area contributed by atoms with E-state index >= 15 is 0 Å². The quantitative estimate of drug-likeness (QED) is 0.796. The SMILES string of the molecule is CC(=O)Nc1cccc(NC(=O)C2NCC3CCCC32)c1. The van der Waals surface area contributed by atoms with Crippen molar-refractivity contribution in [2.75, 3.05) is 17.2 Å². The summed E-state index contributed by atoms with van der Waals surface area (Å²) in [6, 6.07) is 7.16. The molecule has 5 heteroatoms.